The molecular formula is C14H10N2O4. The summed E-state index contributed by atoms with van der Waals surface area (Å²) in [4.78, 5) is 18.7. The van der Waals surface area contributed by atoms with Crippen molar-refractivity contribution >= 4 is 10.9 Å². The van der Waals surface area contributed by atoms with E-state index in [0.717, 1.165) is 0 Å². The van der Waals surface area contributed by atoms with Gasteiger partial charge in [0.1, 0.15) is 5.82 Å². The van der Waals surface area contributed by atoms with E-state index in [4.69, 9.17) is 0 Å². The summed E-state index contributed by atoms with van der Waals surface area (Å²) in [5.74, 6) is -1.53. The van der Waals surface area contributed by atoms with E-state index >= 15 is 0 Å². The lowest BCUT2D eigenvalue weighted by Crippen LogP contribution is -2.09. The molecule has 0 saturated carbocycles. The van der Waals surface area contributed by atoms with Gasteiger partial charge in [-0.05, 0) is 24.3 Å². The van der Waals surface area contributed by atoms with Crippen molar-refractivity contribution in [2.75, 3.05) is 0 Å². The second-order valence-corrected chi connectivity index (χ2v) is 4.26. The van der Waals surface area contributed by atoms with Gasteiger partial charge in [0.05, 0.1) is 16.5 Å². The number of phenolic OH excluding ortho intramolecular Hbond substituents is 3. The molecule has 0 aliphatic carbocycles. The third-order valence-electron chi connectivity index (χ3n) is 3.00. The summed E-state index contributed by atoms with van der Waals surface area (Å²) in [5, 5.41) is 29.1. The van der Waals surface area contributed by atoms with Gasteiger partial charge in [0.25, 0.3) is 5.56 Å². The summed E-state index contributed by atoms with van der Waals surface area (Å²) in [6.45, 7) is 0. The molecule has 6 heteroatoms. The maximum atomic E-state index is 11.9. The molecule has 100 valence electrons. The summed E-state index contributed by atoms with van der Waals surface area (Å²) in [7, 11) is 0. The molecule has 0 atom stereocenters. The molecule has 0 radical (unpaired) electrons. The van der Waals surface area contributed by atoms with Gasteiger partial charge in [-0.1, -0.05) is 12.1 Å². The first kappa shape index (κ1) is 12.0. The first-order valence-electron chi connectivity index (χ1n) is 5.81. The van der Waals surface area contributed by atoms with E-state index in [1.54, 1.807) is 24.3 Å². The van der Waals surface area contributed by atoms with E-state index in [1.807, 2.05) is 0 Å². The topological polar surface area (TPSA) is 106 Å². The van der Waals surface area contributed by atoms with Crippen molar-refractivity contribution in [2.45, 2.75) is 0 Å². The molecule has 3 rings (SSSR count). The first-order valence-corrected chi connectivity index (χ1v) is 5.81. The molecule has 0 aliphatic heterocycles. The first-order chi connectivity index (χ1) is 9.58. The molecule has 0 saturated heterocycles. The lowest BCUT2D eigenvalue weighted by atomic mass is 10.1. The molecule has 0 amide bonds. The number of para-hydroxylation sites is 1. The van der Waals surface area contributed by atoms with Crippen molar-refractivity contribution in [3.05, 3.63) is 46.8 Å². The van der Waals surface area contributed by atoms with Crippen molar-refractivity contribution in [2.24, 2.45) is 0 Å². The summed E-state index contributed by atoms with van der Waals surface area (Å²) in [6.07, 6.45) is 0. The molecule has 0 aliphatic rings. The summed E-state index contributed by atoms with van der Waals surface area (Å²) in [5.41, 5.74) is 0.249. The van der Waals surface area contributed by atoms with Crippen LogP contribution >= 0.6 is 0 Å². The Labute approximate surface area is 112 Å². The fraction of sp³-hybridized carbons (Fsp3) is 0. The highest BCUT2D eigenvalue weighted by atomic mass is 16.3. The molecule has 2 aromatic carbocycles. The zero-order valence-corrected chi connectivity index (χ0v) is 10.2. The normalized spacial score (nSPS) is 10.8. The third kappa shape index (κ3) is 1.74. The number of aromatic amines is 1. The highest BCUT2D eigenvalue weighted by Crippen LogP contribution is 2.40. The zero-order chi connectivity index (χ0) is 14.3. The molecule has 6 nitrogen and oxygen atoms in total. The van der Waals surface area contributed by atoms with Crippen molar-refractivity contribution in [3.63, 3.8) is 0 Å². The standard InChI is InChI=1S/C14H10N2O4/c17-10-6-5-8(11(18)12(10)19)13-15-9-4-2-1-3-7(9)14(20)16-13/h1-6,17-19H,(H,15,16,20). The number of aromatic hydroxyl groups is 3. The van der Waals surface area contributed by atoms with Gasteiger partial charge >= 0.3 is 0 Å². The van der Waals surface area contributed by atoms with Crippen molar-refractivity contribution in [1.82, 2.24) is 9.97 Å². The minimum absolute atomic E-state index is 0.113. The van der Waals surface area contributed by atoms with Crippen LogP contribution in [0.2, 0.25) is 0 Å². The van der Waals surface area contributed by atoms with Crippen LogP contribution in [0.3, 0.4) is 0 Å². The van der Waals surface area contributed by atoms with Gasteiger partial charge in [-0.2, -0.15) is 0 Å². The largest absolute Gasteiger partial charge is 0.504 e. The Balaban J connectivity index is 2.31. The minimum Gasteiger partial charge on any atom is -0.504 e. The van der Waals surface area contributed by atoms with E-state index in [-0.39, 0.29) is 16.9 Å². The molecule has 0 bridgehead atoms. The second-order valence-electron chi connectivity index (χ2n) is 4.26. The van der Waals surface area contributed by atoms with E-state index in [2.05, 4.69) is 9.97 Å². The van der Waals surface area contributed by atoms with Crippen LogP contribution in [0.25, 0.3) is 22.3 Å². The van der Waals surface area contributed by atoms with Gasteiger partial charge in [-0.3, -0.25) is 4.79 Å². The van der Waals surface area contributed by atoms with E-state index in [9.17, 15) is 20.1 Å². The van der Waals surface area contributed by atoms with Crippen LogP contribution in [-0.4, -0.2) is 25.3 Å². The quantitative estimate of drug-likeness (QED) is 0.504. The monoisotopic (exact) mass is 270 g/mol. The Kier molecular flexibility index (Phi) is 2.57. The van der Waals surface area contributed by atoms with Crippen LogP contribution in [-0.2, 0) is 0 Å². The van der Waals surface area contributed by atoms with Crippen LogP contribution in [0.15, 0.2) is 41.2 Å². The number of rotatable bonds is 1. The number of hydrogen-bond acceptors (Lipinski definition) is 5. The van der Waals surface area contributed by atoms with E-state index in [0.29, 0.717) is 10.9 Å². The predicted molar refractivity (Wildman–Crippen MR) is 72.8 cm³/mol. The molecule has 4 N–H and O–H groups in total. The Morgan fingerprint density at radius 2 is 1.70 bits per heavy atom. The SMILES string of the molecule is O=c1[nH]c(-c2ccc(O)c(O)c2O)nc2ccccc12. The fourth-order valence-corrected chi connectivity index (χ4v) is 1.97. The minimum atomic E-state index is -0.654. The van der Waals surface area contributed by atoms with E-state index in [1.165, 1.54) is 12.1 Å². The summed E-state index contributed by atoms with van der Waals surface area (Å²) < 4.78 is 0. The lowest BCUT2D eigenvalue weighted by molar-refractivity contribution is 0.369. The summed E-state index contributed by atoms with van der Waals surface area (Å²) in [6, 6.07) is 9.34. The van der Waals surface area contributed by atoms with Gasteiger partial charge in [0.15, 0.2) is 11.5 Å². The van der Waals surface area contributed by atoms with Crippen LogP contribution < -0.4 is 5.56 Å². The molecule has 0 spiro atoms. The van der Waals surface area contributed by atoms with Crippen molar-refractivity contribution in [3.8, 4) is 28.6 Å². The van der Waals surface area contributed by atoms with Crippen LogP contribution in [0.5, 0.6) is 17.2 Å². The van der Waals surface area contributed by atoms with Gasteiger partial charge in [0, 0.05) is 0 Å². The highest BCUT2D eigenvalue weighted by Gasteiger charge is 2.15. The Bertz CT molecular complexity index is 871. The number of benzene rings is 2. The van der Waals surface area contributed by atoms with Crippen molar-refractivity contribution in [1.29, 1.82) is 0 Å². The average Bonchev–Trinajstić information content (AvgIpc) is 2.45. The van der Waals surface area contributed by atoms with Gasteiger partial charge in [-0.25, -0.2) is 4.98 Å². The second kappa shape index (κ2) is 4.27. The smallest absolute Gasteiger partial charge is 0.259 e. The molecular weight excluding hydrogens is 260 g/mol. The number of fused-ring (bicyclic) bond motifs is 1. The summed E-state index contributed by atoms with van der Waals surface area (Å²) >= 11 is 0. The van der Waals surface area contributed by atoms with Crippen molar-refractivity contribution < 1.29 is 15.3 Å². The number of phenols is 3. The predicted octanol–water partition coefficient (Wildman–Crippen LogP) is 1.71. The van der Waals surface area contributed by atoms with Crippen LogP contribution in [0.1, 0.15) is 0 Å². The third-order valence-corrected chi connectivity index (χ3v) is 3.00. The molecule has 20 heavy (non-hydrogen) atoms. The number of nitrogens with one attached hydrogen (secondary N) is 1. The molecule has 0 fully saturated rings. The highest BCUT2D eigenvalue weighted by molar-refractivity contribution is 5.80. The fourth-order valence-electron chi connectivity index (χ4n) is 1.97. The van der Waals surface area contributed by atoms with Gasteiger partial charge in [-0.15, -0.1) is 0 Å². The molecule has 0 unspecified atom stereocenters. The number of nitrogens with zero attached hydrogens (tertiary/aromatic N) is 1. The zero-order valence-electron chi connectivity index (χ0n) is 10.2. The Hall–Kier alpha value is -3.02. The number of aromatic nitrogens is 2. The molecule has 1 heterocycles. The number of hydrogen-bond donors (Lipinski definition) is 4. The van der Waals surface area contributed by atoms with Crippen LogP contribution in [0, 0.1) is 0 Å². The van der Waals surface area contributed by atoms with Gasteiger partial charge < -0.3 is 20.3 Å². The number of H-pyrrole nitrogens is 1. The Morgan fingerprint density at radius 3 is 2.50 bits per heavy atom. The maximum absolute atomic E-state index is 11.9. The maximum Gasteiger partial charge on any atom is 0.259 e. The van der Waals surface area contributed by atoms with Crippen LogP contribution in [0.4, 0.5) is 0 Å². The van der Waals surface area contributed by atoms with Gasteiger partial charge in [0.2, 0.25) is 5.75 Å². The lowest BCUT2D eigenvalue weighted by Gasteiger charge is -2.07. The molecule has 1 aromatic heterocycles. The molecule has 3 aromatic rings. The Morgan fingerprint density at radius 1 is 0.950 bits per heavy atom. The average molecular weight is 270 g/mol. The van der Waals surface area contributed by atoms with E-state index < -0.39 is 17.2 Å².